The summed E-state index contributed by atoms with van der Waals surface area (Å²) in [6.07, 6.45) is 16.3. The molecule has 0 aromatic carbocycles. The molecule has 1 N–H and O–H groups in total. The second-order valence-corrected chi connectivity index (χ2v) is 9.27. The van der Waals surface area contributed by atoms with Gasteiger partial charge in [-0.1, -0.05) is 18.2 Å². The van der Waals surface area contributed by atoms with Crippen LogP contribution in [0.4, 0.5) is 5.82 Å². The van der Waals surface area contributed by atoms with Crippen LogP contribution >= 0.6 is 0 Å². The third-order valence-electron chi connectivity index (χ3n) is 6.65. The van der Waals surface area contributed by atoms with Crippen molar-refractivity contribution in [3.05, 3.63) is 48.3 Å². The molecule has 4 aliphatic rings. The molecule has 1 amide bonds. The van der Waals surface area contributed by atoms with Gasteiger partial charge in [0.15, 0.2) is 5.82 Å². The number of nitrogens with zero attached hydrogens (tertiary/aromatic N) is 6. The number of rotatable bonds is 6. The standard InChI is InChI=1S/C25H27N7O/c33-25(30-23-5-1-4-21(29-23)24-31-28-15-32(24)19-9-10-19)17-3-2-12-26-22(13-17)18-8-11-20(27-14-18)16-6-7-16/h1,4-5,8,11-13,15-16,18-19,22H,2-3,6-7,9-10,14H2,(H,29,30,33). The fraction of sp³-hybridized carbons (Fsp3) is 0.440. The first-order valence-electron chi connectivity index (χ1n) is 11.9. The minimum Gasteiger partial charge on any atom is -0.309 e. The van der Waals surface area contributed by atoms with Crippen molar-refractivity contribution in [2.45, 2.75) is 50.6 Å². The summed E-state index contributed by atoms with van der Waals surface area (Å²) in [4.78, 5) is 27.3. The molecule has 4 heterocycles. The van der Waals surface area contributed by atoms with Gasteiger partial charge in [0.2, 0.25) is 0 Å². The van der Waals surface area contributed by atoms with E-state index >= 15 is 0 Å². The average molecular weight is 442 g/mol. The quantitative estimate of drug-likeness (QED) is 0.737. The Morgan fingerprint density at radius 2 is 2.06 bits per heavy atom. The molecule has 2 unspecified atom stereocenters. The van der Waals surface area contributed by atoms with E-state index in [1.807, 2.05) is 30.5 Å². The predicted molar refractivity (Wildman–Crippen MR) is 127 cm³/mol. The van der Waals surface area contributed by atoms with E-state index < -0.39 is 0 Å². The lowest BCUT2D eigenvalue weighted by atomic mass is 9.94. The lowest BCUT2D eigenvalue weighted by Gasteiger charge is -2.20. The van der Waals surface area contributed by atoms with Gasteiger partial charge in [0, 0.05) is 35.7 Å². The van der Waals surface area contributed by atoms with Gasteiger partial charge >= 0.3 is 0 Å². The first-order chi connectivity index (χ1) is 16.2. The van der Waals surface area contributed by atoms with Crippen LogP contribution in [-0.4, -0.2) is 50.2 Å². The van der Waals surface area contributed by atoms with Crippen LogP contribution in [0.25, 0.3) is 11.5 Å². The summed E-state index contributed by atoms with van der Waals surface area (Å²) >= 11 is 0. The maximum atomic E-state index is 13.1. The highest BCUT2D eigenvalue weighted by atomic mass is 16.1. The molecule has 2 aromatic rings. The van der Waals surface area contributed by atoms with Crippen LogP contribution in [0.1, 0.15) is 44.6 Å². The molecule has 0 radical (unpaired) electrons. The van der Waals surface area contributed by atoms with Crippen molar-refractivity contribution in [3.63, 3.8) is 0 Å². The molecule has 2 aromatic heterocycles. The fourth-order valence-corrected chi connectivity index (χ4v) is 4.46. The Morgan fingerprint density at radius 1 is 1.15 bits per heavy atom. The van der Waals surface area contributed by atoms with E-state index in [1.54, 1.807) is 6.33 Å². The summed E-state index contributed by atoms with van der Waals surface area (Å²) in [6.45, 7) is 0.737. The van der Waals surface area contributed by atoms with Crippen LogP contribution in [0.15, 0.2) is 58.3 Å². The Morgan fingerprint density at radius 3 is 2.85 bits per heavy atom. The van der Waals surface area contributed by atoms with E-state index in [0.717, 1.165) is 37.2 Å². The molecular weight excluding hydrogens is 414 g/mol. The van der Waals surface area contributed by atoms with Crippen molar-refractivity contribution in [1.82, 2.24) is 19.7 Å². The highest BCUT2D eigenvalue weighted by molar-refractivity contribution is 6.03. The normalized spacial score (nSPS) is 24.7. The maximum Gasteiger partial charge on any atom is 0.252 e. The van der Waals surface area contributed by atoms with E-state index in [1.165, 1.54) is 18.6 Å². The van der Waals surface area contributed by atoms with Crippen LogP contribution < -0.4 is 5.32 Å². The number of carbonyl (C=O) groups is 1. The Kier molecular flexibility index (Phi) is 5.20. The first kappa shape index (κ1) is 20.2. The molecule has 2 aliphatic carbocycles. The van der Waals surface area contributed by atoms with Crippen molar-refractivity contribution in [3.8, 4) is 11.5 Å². The number of pyridine rings is 1. The van der Waals surface area contributed by atoms with E-state index in [9.17, 15) is 4.79 Å². The molecule has 2 atom stereocenters. The van der Waals surface area contributed by atoms with Crippen molar-refractivity contribution >= 4 is 23.7 Å². The second kappa shape index (κ2) is 8.50. The lowest BCUT2D eigenvalue weighted by Crippen LogP contribution is -2.23. The van der Waals surface area contributed by atoms with Crippen LogP contribution in [0.5, 0.6) is 0 Å². The van der Waals surface area contributed by atoms with Crippen molar-refractivity contribution in [2.24, 2.45) is 21.8 Å². The Bertz CT molecular complexity index is 1180. The zero-order valence-corrected chi connectivity index (χ0v) is 18.5. The molecule has 0 spiro atoms. The molecule has 8 heteroatoms. The van der Waals surface area contributed by atoms with Gasteiger partial charge in [0.05, 0.1) is 6.04 Å². The smallest absolute Gasteiger partial charge is 0.252 e. The topological polar surface area (TPSA) is 97.4 Å². The Hall–Kier alpha value is -3.42. The number of carbonyl (C=O) groups excluding carboxylic acids is 1. The molecule has 33 heavy (non-hydrogen) atoms. The van der Waals surface area contributed by atoms with Gasteiger partial charge in [0.25, 0.3) is 5.91 Å². The number of dihydropyridines is 1. The summed E-state index contributed by atoms with van der Waals surface area (Å²) in [5.41, 5.74) is 2.69. The summed E-state index contributed by atoms with van der Waals surface area (Å²) in [6, 6.07) is 5.99. The molecule has 2 saturated carbocycles. The number of anilines is 1. The molecule has 2 fully saturated rings. The van der Waals surface area contributed by atoms with Gasteiger partial charge in [-0.05, 0) is 62.9 Å². The van der Waals surface area contributed by atoms with Gasteiger partial charge in [0.1, 0.15) is 17.8 Å². The average Bonchev–Trinajstić information content (AvgIpc) is 3.76. The largest absolute Gasteiger partial charge is 0.309 e. The van der Waals surface area contributed by atoms with Gasteiger partial charge in [-0.2, -0.15) is 0 Å². The Labute approximate surface area is 192 Å². The minimum absolute atomic E-state index is 0.0645. The van der Waals surface area contributed by atoms with Crippen LogP contribution in [-0.2, 0) is 4.79 Å². The molecule has 168 valence electrons. The van der Waals surface area contributed by atoms with Crippen molar-refractivity contribution in [1.29, 1.82) is 0 Å². The van der Waals surface area contributed by atoms with Crippen LogP contribution in [0, 0.1) is 11.8 Å². The van der Waals surface area contributed by atoms with Gasteiger partial charge in [-0.3, -0.25) is 14.8 Å². The van der Waals surface area contributed by atoms with E-state index in [4.69, 9.17) is 9.98 Å². The van der Waals surface area contributed by atoms with Crippen LogP contribution in [0.3, 0.4) is 0 Å². The molecule has 2 aliphatic heterocycles. The zero-order valence-electron chi connectivity index (χ0n) is 18.5. The SMILES string of the molecule is O=C(Nc1cccc(-c2nncn2C2CC2)n1)C1=CC(C2C=CC(C3CC3)=NC2)N=CCC1. The van der Waals surface area contributed by atoms with Crippen LogP contribution in [0.2, 0.25) is 0 Å². The number of aromatic nitrogens is 4. The number of nitrogens with one attached hydrogen (secondary N) is 1. The highest BCUT2D eigenvalue weighted by Crippen LogP contribution is 2.37. The number of amides is 1. The van der Waals surface area contributed by atoms with Crippen molar-refractivity contribution in [2.75, 3.05) is 11.9 Å². The van der Waals surface area contributed by atoms with Gasteiger partial charge in [-0.25, -0.2) is 4.98 Å². The summed E-state index contributed by atoms with van der Waals surface area (Å²) in [7, 11) is 0. The Balaban J connectivity index is 1.17. The number of hydrogen-bond donors (Lipinski definition) is 1. The molecular formula is C25H27N7O. The second-order valence-electron chi connectivity index (χ2n) is 9.27. The molecule has 6 rings (SSSR count). The van der Waals surface area contributed by atoms with E-state index in [2.05, 4.69) is 37.2 Å². The van der Waals surface area contributed by atoms with Crippen molar-refractivity contribution < 1.29 is 4.79 Å². The summed E-state index contributed by atoms with van der Waals surface area (Å²) in [5.74, 6) is 1.99. The first-order valence-corrected chi connectivity index (χ1v) is 11.9. The third-order valence-corrected chi connectivity index (χ3v) is 6.65. The third kappa shape index (κ3) is 4.42. The molecule has 8 nitrogen and oxygen atoms in total. The van der Waals surface area contributed by atoms with Gasteiger partial charge in [-0.15, -0.1) is 10.2 Å². The minimum atomic E-state index is -0.124. The summed E-state index contributed by atoms with van der Waals surface area (Å²) < 4.78 is 2.07. The number of aliphatic imine (C=N–C) groups is 2. The fourth-order valence-electron chi connectivity index (χ4n) is 4.46. The summed E-state index contributed by atoms with van der Waals surface area (Å²) in [5, 5.41) is 11.3. The highest BCUT2D eigenvalue weighted by Gasteiger charge is 2.30. The zero-order chi connectivity index (χ0) is 22.2. The van der Waals surface area contributed by atoms with E-state index in [0.29, 0.717) is 29.9 Å². The van der Waals surface area contributed by atoms with E-state index in [-0.39, 0.29) is 17.9 Å². The predicted octanol–water partition coefficient (Wildman–Crippen LogP) is 3.81. The number of hydrogen-bond acceptors (Lipinski definition) is 6. The van der Waals surface area contributed by atoms with Gasteiger partial charge < -0.3 is 9.88 Å². The number of allylic oxidation sites excluding steroid dienone is 1. The molecule has 0 saturated heterocycles. The monoisotopic (exact) mass is 441 g/mol. The lowest BCUT2D eigenvalue weighted by molar-refractivity contribution is -0.113. The molecule has 0 bridgehead atoms. The maximum absolute atomic E-state index is 13.1.